The zero-order valence-electron chi connectivity index (χ0n) is 16.2. The number of nitrogens with zero attached hydrogens (tertiary/aromatic N) is 3. The minimum Gasteiger partial charge on any atom is -0.497 e. The SMILES string of the molecule is COc1cccc(NC(=O)N2CCc3nc(Nc4cc(Cl)cc(Cl)c4)ncc3C2)c1. The maximum atomic E-state index is 12.6. The number of aromatic nitrogens is 2. The van der Waals surface area contributed by atoms with E-state index in [2.05, 4.69) is 20.6 Å². The summed E-state index contributed by atoms with van der Waals surface area (Å²) < 4.78 is 5.19. The van der Waals surface area contributed by atoms with Crippen LogP contribution in [-0.2, 0) is 13.0 Å². The van der Waals surface area contributed by atoms with Gasteiger partial charge in [-0.3, -0.25) is 0 Å². The summed E-state index contributed by atoms with van der Waals surface area (Å²) in [4.78, 5) is 23.3. The van der Waals surface area contributed by atoms with Crippen LogP contribution in [0, 0.1) is 0 Å². The molecule has 2 amide bonds. The summed E-state index contributed by atoms with van der Waals surface area (Å²) in [6.07, 6.45) is 2.37. The number of urea groups is 1. The van der Waals surface area contributed by atoms with Crippen LogP contribution in [0.5, 0.6) is 5.75 Å². The number of benzene rings is 2. The molecule has 1 aliphatic rings. The van der Waals surface area contributed by atoms with Crippen molar-refractivity contribution in [2.45, 2.75) is 13.0 Å². The van der Waals surface area contributed by atoms with E-state index in [9.17, 15) is 4.79 Å². The molecule has 7 nitrogen and oxygen atoms in total. The molecule has 154 valence electrons. The Morgan fingerprint density at radius 1 is 1.13 bits per heavy atom. The van der Waals surface area contributed by atoms with Crippen molar-refractivity contribution in [2.24, 2.45) is 0 Å². The minimum absolute atomic E-state index is 0.176. The lowest BCUT2D eigenvalue weighted by molar-refractivity contribution is 0.206. The highest BCUT2D eigenvalue weighted by atomic mass is 35.5. The highest BCUT2D eigenvalue weighted by molar-refractivity contribution is 6.35. The lowest BCUT2D eigenvalue weighted by Gasteiger charge is -2.28. The van der Waals surface area contributed by atoms with Crippen LogP contribution in [0.25, 0.3) is 0 Å². The van der Waals surface area contributed by atoms with Crippen LogP contribution in [0.15, 0.2) is 48.7 Å². The molecule has 0 saturated heterocycles. The van der Waals surface area contributed by atoms with Crippen LogP contribution in [-0.4, -0.2) is 34.6 Å². The van der Waals surface area contributed by atoms with Gasteiger partial charge < -0.3 is 20.3 Å². The second-order valence-electron chi connectivity index (χ2n) is 6.78. The van der Waals surface area contributed by atoms with Gasteiger partial charge in [-0.2, -0.15) is 0 Å². The molecule has 2 heterocycles. The van der Waals surface area contributed by atoms with Gasteiger partial charge in [-0.1, -0.05) is 29.3 Å². The number of anilines is 3. The summed E-state index contributed by atoms with van der Waals surface area (Å²) in [6.45, 7) is 0.997. The van der Waals surface area contributed by atoms with Crippen LogP contribution in [0.3, 0.4) is 0 Å². The zero-order chi connectivity index (χ0) is 21.1. The van der Waals surface area contributed by atoms with E-state index in [-0.39, 0.29) is 6.03 Å². The van der Waals surface area contributed by atoms with Crippen LogP contribution in [0.4, 0.5) is 22.1 Å². The van der Waals surface area contributed by atoms with Crippen molar-refractivity contribution in [1.29, 1.82) is 0 Å². The summed E-state index contributed by atoms with van der Waals surface area (Å²) in [5.74, 6) is 1.15. The van der Waals surface area contributed by atoms with Gasteiger partial charge in [-0.15, -0.1) is 0 Å². The van der Waals surface area contributed by atoms with Crippen molar-refractivity contribution >= 4 is 46.6 Å². The summed E-state index contributed by atoms with van der Waals surface area (Å²) >= 11 is 12.1. The number of fused-ring (bicyclic) bond motifs is 1. The minimum atomic E-state index is -0.176. The van der Waals surface area contributed by atoms with E-state index < -0.39 is 0 Å². The third-order valence-electron chi connectivity index (χ3n) is 4.66. The van der Waals surface area contributed by atoms with Crippen molar-refractivity contribution in [3.63, 3.8) is 0 Å². The van der Waals surface area contributed by atoms with E-state index in [1.165, 1.54) is 0 Å². The first-order valence-corrected chi connectivity index (χ1v) is 10.0. The quantitative estimate of drug-likeness (QED) is 0.584. The largest absolute Gasteiger partial charge is 0.497 e. The second kappa shape index (κ2) is 8.77. The predicted octanol–water partition coefficient (Wildman–Crippen LogP) is 5.13. The van der Waals surface area contributed by atoms with Gasteiger partial charge in [-0.05, 0) is 30.3 Å². The maximum absolute atomic E-state index is 12.6. The van der Waals surface area contributed by atoms with E-state index in [1.807, 2.05) is 18.2 Å². The van der Waals surface area contributed by atoms with Gasteiger partial charge in [0.2, 0.25) is 5.95 Å². The molecule has 0 saturated carbocycles. The van der Waals surface area contributed by atoms with Gasteiger partial charge in [-0.25, -0.2) is 14.8 Å². The molecule has 0 fully saturated rings. The lowest BCUT2D eigenvalue weighted by Crippen LogP contribution is -2.39. The summed E-state index contributed by atoms with van der Waals surface area (Å²) in [7, 11) is 1.59. The van der Waals surface area contributed by atoms with Gasteiger partial charge in [0.05, 0.1) is 19.3 Å². The Labute approximate surface area is 184 Å². The molecule has 0 atom stereocenters. The number of nitrogens with one attached hydrogen (secondary N) is 2. The van der Waals surface area contributed by atoms with Gasteiger partial charge in [0, 0.05) is 52.2 Å². The fourth-order valence-corrected chi connectivity index (χ4v) is 3.73. The van der Waals surface area contributed by atoms with Crippen molar-refractivity contribution in [1.82, 2.24) is 14.9 Å². The van der Waals surface area contributed by atoms with Crippen molar-refractivity contribution in [3.8, 4) is 5.75 Å². The molecule has 2 N–H and O–H groups in total. The topological polar surface area (TPSA) is 79.4 Å². The number of carbonyl (C=O) groups excluding carboxylic acids is 1. The molecule has 2 aromatic carbocycles. The Kier molecular flexibility index (Phi) is 5.92. The Morgan fingerprint density at radius 3 is 2.70 bits per heavy atom. The average Bonchev–Trinajstić information content (AvgIpc) is 2.72. The lowest BCUT2D eigenvalue weighted by atomic mass is 10.1. The molecule has 1 aliphatic heterocycles. The first-order valence-electron chi connectivity index (χ1n) is 9.28. The van der Waals surface area contributed by atoms with E-state index in [0.29, 0.717) is 52.6 Å². The Morgan fingerprint density at radius 2 is 1.93 bits per heavy atom. The van der Waals surface area contributed by atoms with Crippen molar-refractivity contribution in [2.75, 3.05) is 24.3 Å². The van der Waals surface area contributed by atoms with Crippen molar-refractivity contribution < 1.29 is 9.53 Å². The Balaban J connectivity index is 1.43. The number of rotatable bonds is 4. The monoisotopic (exact) mass is 443 g/mol. The van der Waals surface area contributed by atoms with Crippen LogP contribution < -0.4 is 15.4 Å². The molecular formula is C21H19Cl2N5O2. The molecule has 9 heteroatoms. The van der Waals surface area contributed by atoms with E-state index >= 15 is 0 Å². The summed E-state index contributed by atoms with van der Waals surface area (Å²) in [6, 6.07) is 12.2. The van der Waals surface area contributed by atoms with E-state index in [0.717, 1.165) is 11.3 Å². The Hall–Kier alpha value is -3.03. The number of methoxy groups -OCH3 is 1. The van der Waals surface area contributed by atoms with Crippen LogP contribution in [0.1, 0.15) is 11.3 Å². The van der Waals surface area contributed by atoms with Gasteiger partial charge >= 0.3 is 6.03 Å². The van der Waals surface area contributed by atoms with Crippen LogP contribution >= 0.6 is 23.2 Å². The number of ether oxygens (including phenoxy) is 1. The Bertz CT molecular complexity index is 1070. The normalized spacial score (nSPS) is 12.8. The highest BCUT2D eigenvalue weighted by Crippen LogP contribution is 2.25. The predicted molar refractivity (Wildman–Crippen MR) is 118 cm³/mol. The van der Waals surface area contributed by atoms with Gasteiger partial charge in [0.1, 0.15) is 5.75 Å². The van der Waals surface area contributed by atoms with Gasteiger partial charge in [0.25, 0.3) is 0 Å². The van der Waals surface area contributed by atoms with E-state index in [4.69, 9.17) is 27.9 Å². The van der Waals surface area contributed by atoms with E-state index in [1.54, 1.807) is 42.5 Å². The smallest absolute Gasteiger partial charge is 0.322 e. The first kappa shape index (κ1) is 20.3. The first-order chi connectivity index (χ1) is 14.5. The maximum Gasteiger partial charge on any atom is 0.322 e. The summed E-state index contributed by atoms with van der Waals surface area (Å²) in [5, 5.41) is 7.07. The molecule has 0 bridgehead atoms. The number of hydrogen-bond donors (Lipinski definition) is 2. The van der Waals surface area contributed by atoms with Crippen LogP contribution in [0.2, 0.25) is 10.0 Å². The molecule has 0 unspecified atom stereocenters. The number of carbonyl (C=O) groups is 1. The fourth-order valence-electron chi connectivity index (χ4n) is 3.21. The molecule has 0 radical (unpaired) electrons. The number of halogens is 2. The molecule has 30 heavy (non-hydrogen) atoms. The molecule has 0 aliphatic carbocycles. The molecule has 3 aromatic rings. The molecule has 4 rings (SSSR count). The third-order valence-corrected chi connectivity index (χ3v) is 5.10. The molecular weight excluding hydrogens is 425 g/mol. The third kappa shape index (κ3) is 4.75. The second-order valence-corrected chi connectivity index (χ2v) is 7.66. The number of amides is 2. The summed E-state index contributed by atoms with van der Waals surface area (Å²) in [5.41, 5.74) is 3.21. The number of hydrogen-bond acceptors (Lipinski definition) is 5. The standard InChI is InChI=1S/C21H19Cl2N5O2/c1-30-18-4-2-3-16(10-18)26-21(29)28-6-5-19-13(12-28)11-24-20(27-19)25-17-8-14(22)7-15(23)9-17/h2-4,7-11H,5-6,12H2,1H3,(H,26,29)(H,24,25,27). The fraction of sp³-hybridized carbons (Fsp3) is 0.190. The molecule has 1 aromatic heterocycles. The highest BCUT2D eigenvalue weighted by Gasteiger charge is 2.22. The molecule has 0 spiro atoms. The average molecular weight is 444 g/mol. The van der Waals surface area contributed by atoms with Gasteiger partial charge in [0.15, 0.2) is 0 Å². The van der Waals surface area contributed by atoms with Crippen molar-refractivity contribution in [3.05, 3.63) is 70.0 Å². The zero-order valence-corrected chi connectivity index (χ0v) is 17.7.